The lowest BCUT2D eigenvalue weighted by Crippen LogP contribution is -2.34. The summed E-state index contributed by atoms with van der Waals surface area (Å²) in [6.45, 7) is 5.81. The number of hydrogen-bond acceptors (Lipinski definition) is 5. The highest BCUT2D eigenvalue weighted by atomic mass is 32.2. The fraction of sp³-hybridized carbons (Fsp3) is 0.474. The summed E-state index contributed by atoms with van der Waals surface area (Å²) in [5.74, 6) is 0.492. The van der Waals surface area contributed by atoms with Crippen LogP contribution in [0.25, 0.3) is 6.08 Å². The molecule has 0 atom stereocenters. The van der Waals surface area contributed by atoms with Crippen molar-refractivity contribution in [1.29, 1.82) is 0 Å². The van der Waals surface area contributed by atoms with E-state index < -0.39 is 0 Å². The number of methoxy groups -OCH3 is 1. The SMILES string of the molecule is COc1cc(N2CCCCC2)ccc1/C=C1\SC(=O)N(C(C)C)C1=O. The number of hydrogen-bond donors (Lipinski definition) is 0. The highest BCUT2D eigenvalue weighted by Gasteiger charge is 2.36. The molecule has 134 valence electrons. The van der Waals surface area contributed by atoms with Crippen molar-refractivity contribution in [2.45, 2.75) is 39.2 Å². The summed E-state index contributed by atoms with van der Waals surface area (Å²) in [4.78, 5) is 28.6. The van der Waals surface area contributed by atoms with Crippen molar-refractivity contribution in [3.63, 3.8) is 0 Å². The minimum absolute atomic E-state index is 0.137. The molecular weight excluding hydrogens is 336 g/mol. The van der Waals surface area contributed by atoms with E-state index >= 15 is 0 Å². The number of imide groups is 1. The highest BCUT2D eigenvalue weighted by molar-refractivity contribution is 8.18. The number of benzene rings is 1. The van der Waals surface area contributed by atoms with Gasteiger partial charge >= 0.3 is 0 Å². The van der Waals surface area contributed by atoms with Gasteiger partial charge in [-0.05, 0) is 63.1 Å². The molecule has 2 saturated heterocycles. The largest absolute Gasteiger partial charge is 0.496 e. The lowest BCUT2D eigenvalue weighted by molar-refractivity contribution is -0.123. The number of carbonyl (C=O) groups is 2. The van der Waals surface area contributed by atoms with Crippen molar-refractivity contribution < 1.29 is 14.3 Å². The molecule has 2 aliphatic heterocycles. The van der Waals surface area contributed by atoms with Gasteiger partial charge in [0, 0.05) is 36.4 Å². The van der Waals surface area contributed by atoms with E-state index in [2.05, 4.69) is 11.0 Å². The standard InChI is InChI=1S/C19H24N2O3S/c1-13(2)21-18(22)17(25-19(21)23)11-14-7-8-15(12-16(14)24-3)20-9-5-4-6-10-20/h7-8,11-13H,4-6,9-10H2,1-3H3/b17-11-. The topological polar surface area (TPSA) is 49.9 Å². The first-order valence-electron chi connectivity index (χ1n) is 8.71. The van der Waals surface area contributed by atoms with Gasteiger partial charge in [0.05, 0.1) is 12.0 Å². The summed E-state index contributed by atoms with van der Waals surface area (Å²) in [7, 11) is 1.63. The minimum Gasteiger partial charge on any atom is -0.496 e. The Balaban J connectivity index is 1.87. The number of carbonyl (C=O) groups excluding carboxylic acids is 2. The molecule has 0 aliphatic carbocycles. The zero-order chi connectivity index (χ0) is 18.0. The predicted molar refractivity (Wildman–Crippen MR) is 102 cm³/mol. The van der Waals surface area contributed by atoms with Crippen molar-refractivity contribution in [3.8, 4) is 5.75 Å². The van der Waals surface area contributed by atoms with Gasteiger partial charge in [0.25, 0.3) is 11.1 Å². The lowest BCUT2D eigenvalue weighted by Gasteiger charge is -2.29. The molecule has 5 nitrogen and oxygen atoms in total. The van der Waals surface area contributed by atoms with Crippen LogP contribution in [0.4, 0.5) is 10.5 Å². The Morgan fingerprint density at radius 1 is 1.16 bits per heavy atom. The first-order valence-corrected chi connectivity index (χ1v) is 9.53. The molecule has 2 fully saturated rings. The third-order valence-electron chi connectivity index (χ3n) is 4.56. The van der Waals surface area contributed by atoms with Gasteiger partial charge in [-0.25, -0.2) is 0 Å². The Bertz CT molecular complexity index is 709. The van der Waals surface area contributed by atoms with Crippen LogP contribution in [0.15, 0.2) is 23.1 Å². The molecule has 1 aromatic rings. The molecular formula is C19H24N2O3S. The summed E-state index contributed by atoms with van der Waals surface area (Å²) in [5.41, 5.74) is 1.96. The molecule has 0 saturated carbocycles. The quantitative estimate of drug-likeness (QED) is 0.756. The molecule has 2 aliphatic rings. The Morgan fingerprint density at radius 3 is 2.48 bits per heavy atom. The number of ether oxygens (including phenoxy) is 1. The summed E-state index contributed by atoms with van der Waals surface area (Å²) in [6.07, 6.45) is 5.47. The smallest absolute Gasteiger partial charge is 0.293 e. The van der Waals surface area contributed by atoms with E-state index in [0.29, 0.717) is 4.91 Å². The van der Waals surface area contributed by atoms with Gasteiger partial charge in [0.1, 0.15) is 5.75 Å². The maximum Gasteiger partial charge on any atom is 0.293 e. The second-order valence-electron chi connectivity index (χ2n) is 6.62. The van der Waals surface area contributed by atoms with Crippen LogP contribution in [0.1, 0.15) is 38.7 Å². The zero-order valence-corrected chi connectivity index (χ0v) is 15.8. The fourth-order valence-corrected chi connectivity index (χ4v) is 4.19. The van der Waals surface area contributed by atoms with Crippen molar-refractivity contribution in [1.82, 2.24) is 4.90 Å². The molecule has 0 N–H and O–H groups in total. The maximum atomic E-state index is 12.4. The molecule has 0 bridgehead atoms. The van der Waals surface area contributed by atoms with E-state index in [-0.39, 0.29) is 17.2 Å². The second-order valence-corrected chi connectivity index (χ2v) is 7.61. The number of nitrogens with zero attached hydrogens (tertiary/aromatic N) is 2. The molecule has 1 aromatic carbocycles. The fourth-order valence-electron chi connectivity index (χ4n) is 3.23. The number of thioether (sulfide) groups is 1. The van der Waals surface area contributed by atoms with Gasteiger partial charge in [-0.15, -0.1) is 0 Å². The first kappa shape index (κ1) is 17.9. The van der Waals surface area contributed by atoms with Crippen LogP contribution in [0.2, 0.25) is 0 Å². The monoisotopic (exact) mass is 360 g/mol. The molecule has 25 heavy (non-hydrogen) atoms. The normalized spacial score (nSPS) is 20.1. The molecule has 0 unspecified atom stereocenters. The van der Waals surface area contributed by atoms with Crippen molar-refractivity contribution in [2.24, 2.45) is 0 Å². The maximum absolute atomic E-state index is 12.4. The first-order chi connectivity index (χ1) is 12.0. The molecule has 0 aromatic heterocycles. The van der Waals surface area contributed by atoms with E-state index in [9.17, 15) is 9.59 Å². The molecule has 0 spiro atoms. The van der Waals surface area contributed by atoms with Crippen LogP contribution in [-0.4, -0.2) is 42.3 Å². The van der Waals surface area contributed by atoms with E-state index in [4.69, 9.17) is 4.74 Å². The summed E-state index contributed by atoms with van der Waals surface area (Å²) < 4.78 is 5.53. The van der Waals surface area contributed by atoms with Crippen LogP contribution >= 0.6 is 11.8 Å². The second kappa shape index (κ2) is 7.52. The zero-order valence-electron chi connectivity index (χ0n) is 14.9. The van der Waals surface area contributed by atoms with Crippen LogP contribution in [0.3, 0.4) is 0 Å². The Morgan fingerprint density at radius 2 is 1.88 bits per heavy atom. The van der Waals surface area contributed by atoms with Crippen LogP contribution in [0.5, 0.6) is 5.75 Å². The Labute approximate surface area is 153 Å². The van der Waals surface area contributed by atoms with Crippen LogP contribution in [0, 0.1) is 0 Å². The molecule has 2 heterocycles. The van der Waals surface area contributed by atoms with Gasteiger partial charge in [0.2, 0.25) is 0 Å². The third-order valence-corrected chi connectivity index (χ3v) is 5.45. The summed E-state index contributed by atoms with van der Waals surface area (Å²) >= 11 is 0.989. The predicted octanol–water partition coefficient (Wildman–Crippen LogP) is 4.13. The van der Waals surface area contributed by atoms with Crippen molar-refractivity contribution in [2.75, 3.05) is 25.1 Å². The Hall–Kier alpha value is -1.95. The van der Waals surface area contributed by atoms with Gasteiger partial charge < -0.3 is 9.64 Å². The van der Waals surface area contributed by atoms with Crippen molar-refractivity contribution >= 4 is 34.7 Å². The molecule has 2 amide bonds. The highest BCUT2D eigenvalue weighted by Crippen LogP contribution is 2.36. The van der Waals surface area contributed by atoms with Crippen molar-refractivity contribution in [3.05, 3.63) is 28.7 Å². The number of anilines is 1. The van der Waals surface area contributed by atoms with E-state index in [0.717, 1.165) is 41.9 Å². The van der Waals surface area contributed by atoms with Gasteiger partial charge in [-0.3, -0.25) is 14.5 Å². The number of piperidine rings is 1. The van der Waals surface area contributed by atoms with E-state index in [1.807, 2.05) is 26.0 Å². The summed E-state index contributed by atoms with van der Waals surface area (Å²) in [6, 6.07) is 5.91. The molecule has 3 rings (SSSR count). The third kappa shape index (κ3) is 3.68. The minimum atomic E-state index is -0.229. The Kier molecular flexibility index (Phi) is 5.37. The molecule has 0 radical (unpaired) electrons. The van der Waals surface area contributed by atoms with Gasteiger partial charge in [-0.2, -0.15) is 0 Å². The van der Waals surface area contributed by atoms with E-state index in [1.165, 1.54) is 24.2 Å². The van der Waals surface area contributed by atoms with Crippen LogP contribution < -0.4 is 9.64 Å². The average Bonchev–Trinajstić information content (AvgIpc) is 2.89. The van der Waals surface area contributed by atoms with Crippen LogP contribution in [-0.2, 0) is 4.79 Å². The molecule has 6 heteroatoms. The average molecular weight is 360 g/mol. The summed E-state index contributed by atoms with van der Waals surface area (Å²) in [5, 5.41) is -0.213. The number of rotatable bonds is 4. The van der Waals surface area contributed by atoms with Gasteiger partial charge in [-0.1, -0.05) is 0 Å². The lowest BCUT2D eigenvalue weighted by atomic mass is 10.1. The number of amides is 2. The van der Waals surface area contributed by atoms with Gasteiger partial charge in [0.15, 0.2) is 0 Å². The van der Waals surface area contributed by atoms with E-state index in [1.54, 1.807) is 13.2 Å².